The molecule has 178 valence electrons. The third kappa shape index (κ3) is 6.00. The number of carbonyl (C=O) groups excluding carboxylic acids is 3. The van der Waals surface area contributed by atoms with Gasteiger partial charge in [0.05, 0.1) is 24.2 Å². The van der Waals surface area contributed by atoms with Crippen LogP contribution in [0.15, 0.2) is 54.7 Å². The minimum atomic E-state index is -4.53. The zero-order chi connectivity index (χ0) is 24.9. The number of nitrogens with zero attached hydrogens (tertiary/aromatic N) is 2. The first-order chi connectivity index (χ1) is 16.1. The van der Waals surface area contributed by atoms with Crippen LogP contribution < -0.4 is 10.6 Å². The van der Waals surface area contributed by atoms with E-state index in [1.165, 1.54) is 35.1 Å². The van der Waals surface area contributed by atoms with E-state index in [1.54, 1.807) is 43.4 Å². The first-order valence-electron chi connectivity index (χ1n) is 10.2. The highest BCUT2D eigenvalue weighted by molar-refractivity contribution is 6.05. The maximum absolute atomic E-state index is 12.6. The van der Waals surface area contributed by atoms with Crippen LogP contribution in [0, 0.1) is 6.92 Å². The van der Waals surface area contributed by atoms with E-state index in [1.807, 2.05) is 0 Å². The predicted octanol–water partition coefficient (Wildman–Crippen LogP) is 3.90. The highest BCUT2D eigenvalue weighted by Crippen LogP contribution is 2.18. The zero-order valence-electron chi connectivity index (χ0n) is 18.3. The van der Waals surface area contributed by atoms with E-state index in [9.17, 15) is 27.6 Å². The molecule has 2 aromatic carbocycles. The fourth-order valence-electron chi connectivity index (χ4n) is 3.06. The first-order valence-corrected chi connectivity index (χ1v) is 10.2. The van der Waals surface area contributed by atoms with Gasteiger partial charge >= 0.3 is 12.1 Å². The van der Waals surface area contributed by atoms with Crippen molar-refractivity contribution in [3.8, 4) is 5.69 Å². The van der Waals surface area contributed by atoms with Gasteiger partial charge in [-0.05, 0) is 56.3 Å². The van der Waals surface area contributed by atoms with Crippen molar-refractivity contribution < 1.29 is 32.3 Å². The van der Waals surface area contributed by atoms with Crippen molar-refractivity contribution >= 4 is 23.5 Å². The van der Waals surface area contributed by atoms with Crippen molar-refractivity contribution in [3.05, 3.63) is 77.1 Å². The lowest BCUT2D eigenvalue weighted by atomic mass is 10.1. The van der Waals surface area contributed by atoms with Crippen LogP contribution in [0.1, 0.15) is 43.7 Å². The summed E-state index contributed by atoms with van der Waals surface area (Å²) in [6.07, 6.45) is -3.12. The van der Waals surface area contributed by atoms with E-state index in [0.717, 1.165) is 0 Å². The Morgan fingerprint density at radius 3 is 2.38 bits per heavy atom. The quantitative estimate of drug-likeness (QED) is 0.506. The molecule has 34 heavy (non-hydrogen) atoms. The van der Waals surface area contributed by atoms with Crippen LogP contribution in [0.2, 0.25) is 0 Å². The second-order valence-corrected chi connectivity index (χ2v) is 7.16. The van der Waals surface area contributed by atoms with Crippen LogP contribution in [0.25, 0.3) is 5.69 Å². The number of ether oxygens (including phenoxy) is 1. The fraction of sp³-hybridized carbons (Fsp3) is 0.217. The van der Waals surface area contributed by atoms with Crippen molar-refractivity contribution in [3.63, 3.8) is 0 Å². The van der Waals surface area contributed by atoms with Gasteiger partial charge in [0.2, 0.25) is 0 Å². The molecule has 0 aliphatic carbocycles. The molecule has 3 rings (SSSR count). The predicted molar refractivity (Wildman–Crippen MR) is 117 cm³/mol. The summed E-state index contributed by atoms with van der Waals surface area (Å²) >= 11 is 0. The number of aromatic nitrogens is 2. The van der Waals surface area contributed by atoms with Gasteiger partial charge in [0.1, 0.15) is 12.1 Å². The minimum absolute atomic E-state index is 0.0241. The molecule has 0 saturated heterocycles. The number of hydrogen-bond acceptors (Lipinski definition) is 5. The Morgan fingerprint density at radius 2 is 1.74 bits per heavy atom. The highest BCUT2D eigenvalue weighted by Gasteiger charge is 2.28. The maximum atomic E-state index is 12.6. The number of anilines is 1. The van der Waals surface area contributed by atoms with Crippen molar-refractivity contribution in [2.75, 3.05) is 18.5 Å². The number of halogens is 3. The number of nitrogens with one attached hydrogen (secondary N) is 2. The van der Waals surface area contributed by atoms with Gasteiger partial charge in [-0.3, -0.25) is 9.59 Å². The van der Waals surface area contributed by atoms with Gasteiger partial charge in [-0.1, -0.05) is 6.07 Å². The maximum Gasteiger partial charge on any atom is 0.405 e. The minimum Gasteiger partial charge on any atom is -0.462 e. The number of esters is 1. The molecule has 8 nitrogen and oxygen atoms in total. The lowest BCUT2D eigenvalue weighted by Gasteiger charge is -2.10. The molecule has 2 amide bonds. The Balaban J connectivity index is 1.69. The average Bonchev–Trinajstić information content (AvgIpc) is 3.18. The molecule has 2 N–H and O–H groups in total. The van der Waals surface area contributed by atoms with Gasteiger partial charge in [0, 0.05) is 16.8 Å². The molecule has 0 atom stereocenters. The molecule has 0 unspecified atom stereocenters. The summed E-state index contributed by atoms with van der Waals surface area (Å²) in [5.41, 5.74) is 2.05. The van der Waals surface area contributed by atoms with Crippen LogP contribution >= 0.6 is 0 Å². The van der Waals surface area contributed by atoms with Crippen molar-refractivity contribution in [1.29, 1.82) is 0 Å². The van der Waals surface area contributed by atoms with Gasteiger partial charge in [-0.2, -0.15) is 18.3 Å². The summed E-state index contributed by atoms with van der Waals surface area (Å²) < 4.78 is 43.4. The van der Waals surface area contributed by atoms with Crippen LogP contribution in [-0.4, -0.2) is 46.9 Å². The number of hydrogen-bond donors (Lipinski definition) is 2. The molecular weight excluding hydrogens is 453 g/mol. The number of amides is 2. The van der Waals surface area contributed by atoms with Gasteiger partial charge < -0.3 is 15.4 Å². The molecule has 11 heteroatoms. The largest absolute Gasteiger partial charge is 0.462 e. The monoisotopic (exact) mass is 474 g/mol. The second-order valence-electron chi connectivity index (χ2n) is 7.16. The number of alkyl halides is 3. The first kappa shape index (κ1) is 24.5. The molecule has 1 aromatic heterocycles. The SMILES string of the molecule is CCOC(=O)c1cnn(-c2ccc(C(=O)Nc3cccc(C(=O)NCC(F)(F)F)c3)cc2)c1C. The molecule has 3 aromatic rings. The lowest BCUT2D eigenvalue weighted by Crippen LogP contribution is -2.33. The molecule has 0 bridgehead atoms. The Morgan fingerprint density at radius 1 is 1.03 bits per heavy atom. The van der Waals surface area contributed by atoms with E-state index in [0.29, 0.717) is 22.5 Å². The molecule has 1 heterocycles. The summed E-state index contributed by atoms with van der Waals surface area (Å²) in [5, 5.41) is 8.58. The lowest BCUT2D eigenvalue weighted by molar-refractivity contribution is -0.123. The molecule has 0 aliphatic rings. The van der Waals surface area contributed by atoms with E-state index in [4.69, 9.17) is 4.74 Å². The molecule has 0 saturated carbocycles. The third-order valence-corrected chi connectivity index (χ3v) is 4.71. The van der Waals surface area contributed by atoms with Crippen LogP contribution in [0.5, 0.6) is 0 Å². The van der Waals surface area contributed by atoms with E-state index >= 15 is 0 Å². The summed E-state index contributed by atoms with van der Waals surface area (Å²) in [6.45, 7) is 2.22. The molecule has 0 spiro atoms. The van der Waals surface area contributed by atoms with Crippen molar-refractivity contribution in [1.82, 2.24) is 15.1 Å². The third-order valence-electron chi connectivity index (χ3n) is 4.71. The molecule has 0 aliphatic heterocycles. The van der Waals surface area contributed by atoms with E-state index in [2.05, 4.69) is 10.4 Å². The topological polar surface area (TPSA) is 102 Å². The molecule has 0 radical (unpaired) electrons. The Hall–Kier alpha value is -4.15. The van der Waals surface area contributed by atoms with Crippen molar-refractivity contribution in [2.45, 2.75) is 20.0 Å². The van der Waals surface area contributed by atoms with Gasteiger partial charge in [-0.25, -0.2) is 9.48 Å². The number of benzene rings is 2. The molecular formula is C23H21F3N4O4. The average molecular weight is 474 g/mol. The standard InChI is InChI=1S/C23H21F3N4O4/c1-3-34-22(33)19-12-28-30(14(19)2)18-9-7-15(8-10-18)21(32)29-17-6-4-5-16(11-17)20(31)27-13-23(24,25)26/h4-12H,3,13H2,1-2H3,(H,27,31)(H,29,32). The van der Waals surface area contributed by atoms with Crippen LogP contribution in [-0.2, 0) is 4.74 Å². The van der Waals surface area contributed by atoms with Gasteiger partial charge in [-0.15, -0.1) is 0 Å². The summed E-state index contributed by atoms with van der Waals surface area (Å²) in [5.74, 6) is -1.87. The summed E-state index contributed by atoms with van der Waals surface area (Å²) in [6, 6.07) is 12.0. The Bertz CT molecular complexity index is 1200. The smallest absolute Gasteiger partial charge is 0.405 e. The summed E-state index contributed by atoms with van der Waals surface area (Å²) in [4.78, 5) is 36.5. The normalized spacial score (nSPS) is 11.1. The zero-order valence-corrected chi connectivity index (χ0v) is 18.3. The van der Waals surface area contributed by atoms with Crippen molar-refractivity contribution in [2.24, 2.45) is 0 Å². The van der Waals surface area contributed by atoms with Gasteiger partial charge in [0.15, 0.2) is 0 Å². The van der Waals surface area contributed by atoms with Crippen LogP contribution in [0.3, 0.4) is 0 Å². The number of rotatable bonds is 7. The Labute approximate surface area is 192 Å². The van der Waals surface area contributed by atoms with E-state index < -0.39 is 30.5 Å². The fourth-order valence-corrected chi connectivity index (χ4v) is 3.06. The van der Waals surface area contributed by atoms with E-state index in [-0.39, 0.29) is 17.9 Å². The molecule has 0 fully saturated rings. The highest BCUT2D eigenvalue weighted by atomic mass is 19.4. The number of carbonyl (C=O) groups is 3. The summed E-state index contributed by atoms with van der Waals surface area (Å²) in [7, 11) is 0. The van der Waals surface area contributed by atoms with Gasteiger partial charge in [0.25, 0.3) is 11.8 Å². The van der Waals surface area contributed by atoms with Crippen LogP contribution in [0.4, 0.5) is 18.9 Å². The second kappa shape index (κ2) is 10.2. The Kier molecular flexibility index (Phi) is 7.34.